The number of hydrogen-bond donors (Lipinski definition) is 3. The zero-order valence-electron chi connectivity index (χ0n) is 16.8. The molecule has 0 saturated carbocycles. The number of aromatic nitrogens is 4. The van der Waals surface area contributed by atoms with Gasteiger partial charge in [-0.05, 0) is 53.6 Å². The standard InChI is InChI=1S/C20H22FN7O2/c1-12(2)18(24-20(30)22-14-7-5-4-6-8-14)19(29)23-17-11-15(9-10-16(17)21)28-13(3)25-26-27-28/h4-12,18H,1-3H3,(H,23,29)(H2,22,24,30). The van der Waals surface area contributed by atoms with E-state index in [4.69, 9.17) is 0 Å². The van der Waals surface area contributed by atoms with Crippen LogP contribution in [-0.4, -0.2) is 38.2 Å². The largest absolute Gasteiger partial charge is 0.326 e. The van der Waals surface area contributed by atoms with Crippen molar-refractivity contribution in [2.75, 3.05) is 10.6 Å². The van der Waals surface area contributed by atoms with Crippen LogP contribution in [0.2, 0.25) is 0 Å². The molecule has 3 amide bonds. The van der Waals surface area contributed by atoms with Gasteiger partial charge in [-0.1, -0.05) is 32.0 Å². The molecule has 0 radical (unpaired) electrons. The van der Waals surface area contributed by atoms with Gasteiger partial charge in [-0.25, -0.2) is 9.18 Å². The fourth-order valence-electron chi connectivity index (χ4n) is 2.79. The topological polar surface area (TPSA) is 114 Å². The van der Waals surface area contributed by atoms with Crippen LogP contribution in [0.3, 0.4) is 0 Å². The quantitative estimate of drug-likeness (QED) is 0.577. The molecule has 1 heterocycles. The number of hydrogen-bond acceptors (Lipinski definition) is 5. The molecule has 3 N–H and O–H groups in total. The van der Waals surface area contributed by atoms with Gasteiger partial charge < -0.3 is 16.0 Å². The molecule has 10 heteroatoms. The lowest BCUT2D eigenvalue weighted by atomic mass is 10.0. The third-order valence-corrected chi connectivity index (χ3v) is 4.35. The first-order valence-electron chi connectivity index (χ1n) is 9.33. The second-order valence-corrected chi connectivity index (χ2v) is 6.98. The van der Waals surface area contributed by atoms with E-state index in [9.17, 15) is 14.0 Å². The molecule has 0 aliphatic carbocycles. The SMILES string of the molecule is Cc1nnnn1-c1ccc(F)c(NC(=O)C(NC(=O)Nc2ccccc2)C(C)C)c1. The first kappa shape index (κ1) is 20.9. The Balaban J connectivity index is 1.73. The van der Waals surface area contributed by atoms with Crippen LogP contribution in [0, 0.1) is 18.7 Å². The van der Waals surface area contributed by atoms with Crippen LogP contribution in [0.25, 0.3) is 5.69 Å². The summed E-state index contributed by atoms with van der Waals surface area (Å²) in [5, 5.41) is 19.0. The zero-order valence-corrected chi connectivity index (χ0v) is 16.8. The zero-order chi connectivity index (χ0) is 21.7. The summed E-state index contributed by atoms with van der Waals surface area (Å²) in [7, 11) is 0. The summed E-state index contributed by atoms with van der Waals surface area (Å²) >= 11 is 0. The highest BCUT2D eigenvalue weighted by molar-refractivity contribution is 5.99. The number of amides is 3. The average molecular weight is 411 g/mol. The Morgan fingerprint density at radius 2 is 1.80 bits per heavy atom. The van der Waals surface area contributed by atoms with Crippen LogP contribution in [0.1, 0.15) is 19.7 Å². The number of nitrogens with zero attached hydrogens (tertiary/aromatic N) is 4. The Kier molecular flexibility index (Phi) is 6.35. The van der Waals surface area contributed by atoms with E-state index >= 15 is 0 Å². The van der Waals surface area contributed by atoms with E-state index < -0.39 is 23.8 Å². The lowest BCUT2D eigenvalue weighted by Crippen LogP contribution is -2.48. The highest BCUT2D eigenvalue weighted by Crippen LogP contribution is 2.20. The third-order valence-electron chi connectivity index (χ3n) is 4.35. The summed E-state index contributed by atoms with van der Waals surface area (Å²) < 4.78 is 15.7. The normalized spacial score (nSPS) is 11.8. The second kappa shape index (κ2) is 9.12. The van der Waals surface area contributed by atoms with Gasteiger partial charge in [0.1, 0.15) is 11.9 Å². The van der Waals surface area contributed by atoms with Crippen molar-refractivity contribution >= 4 is 23.3 Å². The lowest BCUT2D eigenvalue weighted by Gasteiger charge is -2.22. The van der Waals surface area contributed by atoms with Crippen LogP contribution in [-0.2, 0) is 4.79 Å². The highest BCUT2D eigenvalue weighted by Gasteiger charge is 2.25. The van der Waals surface area contributed by atoms with Gasteiger partial charge in [-0.2, -0.15) is 4.68 Å². The molecule has 3 rings (SSSR count). The van der Waals surface area contributed by atoms with Crippen molar-refractivity contribution in [2.24, 2.45) is 5.92 Å². The average Bonchev–Trinajstić information content (AvgIpc) is 3.14. The summed E-state index contributed by atoms with van der Waals surface area (Å²) in [6.45, 7) is 5.26. The van der Waals surface area contributed by atoms with Crippen molar-refractivity contribution in [1.29, 1.82) is 0 Å². The third kappa shape index (κ3) is 4.96. The van der Waals surface area contributed by atoms with Crippen molar-refractivity contribution in [3.8, 4) is 5.69 Å². The first-order valence-corrected chi connectivity index (χ1v) is 9.33. The molecule has 9 nitrogen and oxygen atoms in total. The molecule has 2 aromatic carbocycles. The second-order valence-electron chi connectivity index (χ2n) is 6.98. The van der Waals surface area contributed by atoms with E-state index in [0.717, 1.165) is 0 Å². The number of carbonyl (C=O) groups excluding carboxylic acids is 2. The maximum Gasteiger partial charge on any atom is 0.319 e. The monoisotopic (exact) mass is 411 g/mol. The molecular weight excluding hydrogens is 389 g/mol. The van der Waals surface area contributed by atoms with Gasteiger partial charge in [0.25, 0.3) is 0 Å². The molecule has 0 aliphatic rings. The van der Waals surface area contributed by atoms with Crippen molar-refractivity contribution in [1.82, 2.24) is 25.5 Å². The minimum absolute atomic E-state index is 0.0386. The van der Waals surface area contributed by atoms with E-state index in [1.165, 1.54) is 22.9 Å². The summed E-state index contributed by atoms with van der Waals surface area (Å²) in [6, 6.07) is 11.6. The Morgan fingerprint density at radius 1 is 1.07 bits per heavy atom. The summed E-state index contributed by atoms with van der Waals surface area (Å²) in [5.74, 6) is -0.885. The Morgan fingerprint density at radius 3 is 2.43 bits per heavy atom. The van der Waals surface area contributed by atoms with Gasteiger partial charge in [-0.15, -0.1) is 5.10 Å². The molecule has 156 valence electrons. The molecule has 0 bridgehead atoms. The van der Waals surface area contributed by atoms with Crippen molar-refractivity contribution < 1.29 is 14.0 Å². The van der Waals surface area contributed by atoms with Gasteiger partial charge in [-0.3, -0.25) is 4.79 Å². The van der Waals surface area contributed by atoms with E-state index in [2.05, 4.69) is 31.5 Å². The Hall–Kier alpha value is -3.82. The molecule has 1 atom stereocenters. The van der Waals surface area contributed by atoms with Crippen molar-refractivity contribution in [2.45, 2.75) is 26.8 Å². The summed E-state index contributed by atoms with van der Waals surface area (Å²) in [6.07, 6.45) is 0. The van der Waals surface area contributed by atoms with E-state index in [-0.39, 0.29) is 11.6 Å². The fraction of sp³-hybridized carbons (Fsp3) is 0.250. The van der Waals surface area contributed by atoms with Crippen LogP contribution in [0.4, 0.5) is 20.6 Å². The number of benzene rings is 2. The molecular formula is C20H22FN7O2. The highest BCUT2D eigenvalue weighted by atomic mass is 19.1. The summed E-state index contributed by atoms with van der Waals surface area (Å²) in [5.41, 5.74) is 1.04. The Labute approximate surface area is 172 Å². The predicted octanol–water partition coefficient (Wildman–Crippen LogP) is 2.89. The fourth-order valence-corrected chi connectivity index (χ4v) is 2.79. The summed E-state index contributed by atoms with van der Waals surface area (Å²) in [4.78, 5) is 25.1. The van der Waals surface area contributed by atoms with E-state index in [1.807, 2.05) is 6.07 Å². The molecule has 0 fully saturated rings. The first-order chi connectivity index (χ1) is 14.3. The van der Waals surface area contributed by atoms with Gasteiger partial charge in [0.05, 0.1) is 11.4 Å². The minimum Gasteiger partial charge on any atom is -0.326 e. The van der Waals surface area contributed by atoms with Crippen LogP contribution < -0.4 is 16.0 Å². The van der Waals surface area contributed by atoms with Crippen LogP contribution in [0.15, 0.2) is 48.5 Å². The van der Waals surface area contributed by atoms with Gasteiger partial charge in [0.2, 0.25) is 5.91 Å². The predicted molar refractivity (Wildman–Crippen MR) is 110 cm³/mol. The number of urea groups is 1. The number of tetrazole rings is 1. The van der Waals surface area contributed by atoms with Gasteiger partial charge in [0, 0.05) is 5.69 Å². The molecule has 0 spiro atoms. The smallest absolute Gasteiger partial charge is 0.319 e. The van der Waals surface area contributed by atoms with Crippen molar-refractivity contribution in [3.63, 3.8) is 0 Å². The number of para-hydroxylation sites is 1. The number of nitrogens with one attached hydrogen (secondary N) is 3. The molecule has 30 heavy (non-hydrogen) atoms. The minimum atomic E-state index is -0.883. The molecule has 0 aliphatic heterocycles. The van der Waals surface area contributed by atoms with Gasteiger partial charge in [0.15, 0.2) is 5.82 Å². The van der Waals surface area contributed by atoms with E-state index in [0.29, 0.717) is 17.2 Å². The molecule has 3 aromatic rings. The number of halogens is 1. The molecule has 0 saturated heterocycles. The number of aryl methyl sites for hydroxylation is 1. The van der Waals surface area contributed by atoms with Crippen molar-refractivity contribution in [3.05, 3.63) is 60.2 Å². The van der Waals surface area contributed by atoms with Gasteiger partial charge >= 0.3 is 6.03 Å². The van der Waals surface area contributed by atoms with Crippen LogP contribution in [0.5, 0.6) is 0 Å². The van der Waals surface area contributed by atoms with E-state index in [1.54, 1.807) is 45.0 Å². The lowest BCUT2D eigenvalue weighted by molar-refractivity contribution is -0.118. The van der Waals surface area contributed by atoms with Crippen LogP contribution >= 0.6 is 0 Å². The molecule has 1 unspecified atom stereocenters. The maximum absolute atomic E-state index is 14.3. The Bertz CT molecular complexity index is 1040. The number of anilines is 2. The maximum atomic E-state index is 14.3. The molecule has 1 aromatic heterocycles. The number of rotatable bonds is 6. The number of carbonyl (C=O) groups is 2.